The minimum Gasteiger partial charge on any atom is -0.317 e. The summed E-state index contributed by atoms with van der Waals surface area (Å²) in [5, 5.41) is 3.13. The van der Waals surface area contributed by atoms with Gasteiger partial charge in [-0.25, -0.2) is 17.2 Å². The quantitative estimate of drug-likeness (QED) is 0.921. The SMILES string of the molecule is CN(C1CCNCC1)S(=O)(=O)c1cccc(F)c1F.Cl. The predicted octanol–water partition coefficient (Wildman–Crippen LogP) is 1.76. The van der Waals surface area contributed by atoms with Crippen molar-refractivity contribution in [1.82, 2.24) is 9.62 Å². The number of hydrogen-bond acceptors (Lipinski definition) is 3. The zero-order valence-corrected chi connectivity index (χ0v) is 12.6. The van der Waals surface area contributed by atoms with Crippen molar-refractivity contribution in [2.75, 3.05) is 20.1 Å². The Morgan fingerprint density at radius 3 is 2.45 bits per heavy atom. The number of halogens is 3. The van der Waals surface area contributed by atoms with E-state index in [2.05, 4.69) is 5.32 Å². The van der Waals surface area contributed by atoms with Crippen LogP contribution in [0.5, 0.6) is 0 Å². The van der Waals surface area contributed by atoms with Crippen LogP contribution in [0.15, 0.2) is 23.1 Å². The van der Waals surface area contributed by atoms with Gasteiger partial charge in [-0.2, -0.15) is 4.31 Å². The van der Waals surface area contributed by atoms with E-state index in [0.717, 1.165) is 29.5 Å². The number of piperidine rings is 1. The lowest BCUT2D eigenvalue weighted by Crippen LogP contribution is -2.44. The Kier molecular flexibility index (Phi) is 5.88. The van der Waals surface area contributed by atoms with Crippen LogP contribution in [0.3, 0.4) is 0 Å². The Hall–Kier alpha value is -0.760. The topological polar surface area (TPSA) is 49.4 Å². The van der Waals surface area contributed by atoms with Crippen LogP contribution in [0.4, 0.5) is 8.78 Å². The van der Waals surface area contributed by atoms with Crippen molar-refractivity contribution in [1.29, 1.82) is 0 Å². The molecule has 0 aliphatic carbocycles. The van der Waals surface area contributed by atoms with Crippen LogP contribution in [0.25, 0.3) is 0 Å². The van der Waals surface area contributed by atoms with Crippen LogP contribution >= 0.6 is 12.4 Å². The van der Waals surface area contributed by atoms with Crippen LogP contribution in [0, 0.1) is 11.6 Å². The predicted molar refractivity (Wildman–Crippen MR) is 74.4 cm³/mol. The van der Waals surface area contributed by atoms with E-state index in [1.807, 2.05) is 0 Å². The molecule has 0 amide bonds. The number of benzene rings is 1. The first-order valence-electron chi connectivity index (χ1n) is 6.07. The van der Waals surface area contributed by atoms with E-state index in [1.165, 1.54) is 13.1 Å². The van der Waals surface area contributed by atoms with Gasteiger partial charge in [0.1, 0.15) is 4.90 Å². The minimum atomic E-state index is -4.00. The second kappa shape index (κ2) is 6.80. The summed E-state index contributed by atoms with van der Waals surface area (Å²) >= 11 is 0. The Labute approximate surface area is 123 Å². The van der Waals surface area contributed by atoms with Gasteiger partial charge in [0, 0.05) is 13.1 Å². The molecule has 2 rings (SSSR count). The summed E-state index contributed by atoms with van der Waals surface area (Å²) in [6.07, 6.45) is 1.32. The Morgan fingerprint density at radius 2 is 1.85 bits per heavy atom. The molecule has 1 saturated heterocycles. The third-order valence-corrected chi connectivity index (χ3v) is 5.32. The van der Waals surface area contributed by atoms with Gasteiger partial charge in [-0.05, 0) is 38.1 Å². The Morgan fingerprint density at radius 1 is 1.25 bits per heavy atom. The third-order valence-electron chi connectivity index (χ3n) is 3.40. The number of sulfonamides is 1. The average Bonchev–Trinajstić information content (AvgIpc) is 2.41. The summed E-state index contributed by atoms with van der Waals surface area (Å²) in [6, 6.07) is 3.00. The minimum absolute atomic E-state index is 0. The molecular weight excluding hydrogens is 310 g/mol. The van der Waals surface area contributed by atoms with Gasteiger partial charge in [0.2, 0.25) is 10.0 Å². The van der Waals surface area contributed by atoms with E-state index in [1.54, 1.807) is 0 Å². The fourth-order valence-electron chi connectivity index (χ4n) is 2.20. The third kappa shape index (κ3) is 3.28. The number of hydrogen-bond donors (Lipinski definition) is 1. The molecule has 114 valence electrons. The first-order chi connectivity index (χ1) is 8.94. The molecule has 0 atom stereocenters. The highest BCUT2D eigenvalue weighted by atomic mass is 35.5. The summed E-state index contributed by atoms with van der Waals surface area (Å²) in [6.45, 7) is 1.44. The Bertz CT molecular complexity index is 563. The van der Waals surface area contributed by atoms with Crippen LogP contribution in [-0.2, 0) is 10.0 Å². The lowest BCUT2D eigenvalue weighted by atomic mass is 10.1. The molecule has 0 spiro atoms. The van der Waals surface area contributed by atoms with Gasteiger partial charge in [-0.15, -0.1) is 12.4 Å². The van der Waals surface area contributed by atoms with E-state index < -0.39 is 26.6 Å². The second-order valence-corrected chi connectivity index (χ2v) is 6.52. The van der Waals surface area contributed by atoms with Crippen LogP contribution in [0.2, 0.25) is 0 Å². The first kappa shape index (κ1) is 17.3. The van der Waals surface area contributed by atoms with Crippen LogP contribution in [-0.4, -0.2) is 38.9 Å². The van der Waals surface area contributed by atoms with Crippen LogP contribution in [0.1, 0.15) is 12.8 Å². The maximum atomic E-state index is 13.6. The van der Waals surface area contributed by atoms with Gasteiger partial charge in [-0.3, -0.25) is 0 Å². The van der Waals surface area contributed by atoms with E-state index in [9.17, 15) is 17.2 Å². The second-order valence-electron chi connectivity index (χ2n) is 4.55. The average molecular weight is 327 g/mol. The molecular formula is C12H17ClF2N2O2S. The lowest BCUT2D eigenvalue weighted by Gasteiger charge is -2.30. The van der Waals surface area contributed by atoms with Crippen molar-refractivity contribution in [3.05, 3.63) is 29.8 Å². The van der Waals surface area contributed by atoms with Crippen molar-refractivity contribution < 1.29 is 17.2 Å². The highest BCUT2D eigenvalue weighted by molar-refractivity contribution is 7.89. The number of rotatable bonds is 3. The summed E-state index contributed by atoms with van der Waals surface area (Å²) < 4.78 is 52.5. The molecule has 0 radical (unpaired) electrons. The first-order valence-corrected chi connectivity index (χ1v) is 7.51. The highest BCUT2D eigenvalue weighted by Crippen LogP contribution is 2.24. The van der Waals surface area contributed by atoms with Crippen molar-refractivity contribution >= 4 is 22.4 Å². The molecule has 1 aliphatic rings. The lowest BCUT2D eigenvalue weighted by molar-refractivity contribution is 0.295. The highest BCUT2D eigenvalue weighted by Gasteiger charge is 2.31. The molecule has 1 N–H and O–H groups in total. The molecule has 1 aromatic carbocycles. The monoisotopic (exact) mass is 326 g/mol. The standard InChI is InChI=1S/C12H16F2N2O2S.ClH/c1-16(9-5-7-15-8-6-9)19(17,18)11-4-2-3-10(13)12(11)14;/h2-4,9,15H,5-8H2,1H3;1H. The van der Waals surface area contributed by atoms with Crippen molar-refractivity contribution in [3.8, 4) is 0 Å². The summed E-state index contributed by atoms with van der Waals surface area (Å²) in [7, 11) is -2.59. The number of nitrogens with one attached hydrogen (secondary N) is 1. The smallest absolute Gasteiger partial charge is 0.246 e. The molecule has 0 aromatic heterocycles. The summed E-state index contributed by atoms with van der Waals surface area (Å²) in [5.74, 6) is -2.47. The normalized spacial score (nSPS) is 17.0. The van der Waals surface area contributed by atoms with Gasteiger partial charge in [0.15, 0.2) is 11.6 Å². The van der Waals surface area contributed by atoms with Gasteiger partial charge in [0.05, 0.1) is 0 Å². The van der Waals surface area contributed by atoms with Crippen LogP contribution < -0.4 is 5.32 Å². The molecule has 4 nitrogen and oxygen atoms in total. The van der Waals surface area contributed by atoms with Gasteiger partial charge in [0.25, 0.3) is 0 Å². The molecule has 1 aromatic rings. The molecule has 1 heterocycles. The summed E-state index contributed by atoms with van der Waals surface area (Å²) in [4.78, 5) is -0.603. The van der Waals surface area contributed by atoms with Crippen molar-refractivity contribution in [3.63, 3.8) is 0 Å². The van der Waals surface area contributed by atoms with Gasteiger partial charge in [-0.1, -0.05) is 6.07 Å². The van der Waals surface area contributed by atoms with Gasteiger partial charge < -0.3 is 5.32 Å². The van der Waals surface area contributed by atoms with E-state index >= 15 is 0 Å². The van der Waals surface area contributed by atoms with Crippen molar-refractivity contribution in [2.45, 2.75) is 23.8 Å². The largest absolute Gasteiger partial charge is 0.317 e. The fourth-order valence-corrected chi connectivity index (χ4v) is 3.69. The molecule has 20 heavy (non-hydrogen) atoms. The van der Waals surface area contributed by atoms with E-state index in [4.69, 9.17) is 0 Å². The fraction of sp³-hybridized carbons (Fsp3) is 0.500. The molecule has 0 unspecified atom stereocenters. The zero-order chi connectivity index (χ0) is 14.0. The zero-order valence-electron chi connectivity index (χ0n) is 11.0. The maximum absolute atomic E-state index is 13.6. The van der Waals surface area contributed by atoms with Gasteiger partial charge >= 0.3 is 0 Å². The molecule has 0 bridgehead atoms. The molecule has 1 fully saturated rings. The molecule has 1 aliphatic heterocycles. The van der Waals surface area contributed by atoms with E-state index in [0.29, 0.717) is 12.8 Å². The maximum Gasteiger partial charge on any atom is 0.246 e. The molecule has 0 saturated carbocycles. The summed E-state index contributed by atoms with van der Waals surface area (Å²) in [5.41, 5.74) is 0. The Balaban J connectivity index is 0.00000200. The molecule has 8 heteroatoms. The van der Waals surface area contributed by atoms with Crippen molar-refractivity contribution in [2.24, 2.45) is 0 Å². The number of nitrogens with zero attached hydrogens (tertiary/aromatic N) is 1. The van der Waals surface area contributed by atoms with E-state index in [-0.39, 0.29) is 18.4 Å².